The number of aliphatic hydroxyl groups is 1. The van der Waals surface area contributed by atoms with Crippen molar-refractivity contribution in [3.05, 3.63) is 5.53 Å². The quantitative estimate of drug-likeness (QED) is 0.186. The number of rotatable bonds is 13. The third-order valence-corrected chi connectivity index (χ3v) is 3.49. The average Bonchev–Trinajstić information content (AvgIpc) is 2.46. The maximum Gasteiger partial charge on any atom is 0.419 e. The fourth-order valence-corrected chi connectivity index (χ4v) is 2.23. The Morgan fingerprint density at radius 1 is 1.05 bits per heavy atom. The summed E-state index contributed by atoms with van der Waals surface area (Å²) in [5, 5.41) is 9.81. The minimum Gasteiger partial charge on any atom is -0.457 e. The molecular weight excluding hydrogens is 268 g/mol. The van der Waals surface area contributed by atoms with Crippen LogP contribution in [0.4, 0.5) is 0 Å². The molecule has 0 fully saturated rings. The number of ether oxygens (including phenoxy) is 1. The second-order valence-corrected chi connectivity index (χ2v) is 5.34. The summed E-state index contributed by atoms with van der Waals surface area (Å²) < 4.78 is 4.72. The zero-order valence-electron chi connectivity index (χ0n) is 13.5. The summed E-state index contributed by atoms with van der Waals surface area (Å²) in [6.07, 6.45) is 10.1. The van der Waals surface area contributed by atoms with Crippen molar-refractivity contribution in [3.63, 3.8) is 0 Å². The molecule has 0 aromatic rings. The number of carbonyl (C=O) groups excluding carboxylic acids is 1. The van der Waals surface area contributed by atoms with Crippen LogP contribution in [0.5, 0.6) is 0 Å². The van der Waals surface area contributed by atoms with E-state index >= 15 is 0 Å². The molecule has 0 radical (unpaired) electrons. The van der Waals surface area contributed by atoms with E-state index in [1.54, 1.807) is 6.92 Å². The summed E-state index contributed by atoms with van der Waals surface area (Å²) in [6.45, 7) is 4.08. The molecule has 0 rings (SSSR count). The predicted molar refractivity (Wildman–Crippen MR) is 83.1 cm³/mol. The zero-order valence-corrected chi connectivity index (χ0v) is 13.5. The second-order valence-electron chi connectivity index (χ2n) is 5.34. The van der Waals surface area contributed by atoms with E-state index in [0.717, 1.165) is 19.3 Å². The van der Waals surface area contributed by atoms with Crippen molar-refractivity contribution < 1.29 is 19.4 Å². The highest BCUT2D eigenvalue weighted by atomic mass is 16.5. The number of nitrogens with zero attached hydrogens (tertiary/aromatic N) is 2. The van der Waals surface area contributed by atoms with E-state index in [0.29, 0.717) is 6.42 Å². The van der Waals surface area contributed by atoms with Gasteiger partial charge in [-0.15, -0.1) is 0 Å². The van der Waals surface area contributed by atoms with Gasteiger partial charge < -0.3 is 15.4 Å². The molecule has 21 heavy (non-hydrogen) atoms. The van der Waals surface area contributed by atoms with Crippen molar-refractivity contribution >= 4 is 11.7 Å². The van der Waals surface area contributed by atoms with Gasteiger partial charge in [-0.25, -0.2) is 4.79 Å². The molecule has 0 aromatic carbocycles. The monoisotopic (exact) mass is 298 g/mol. The molecule has 5 heteroatoms. The number of aliphatic hydroxyl groups excluding tert-OH is 1. The molecule has 0 spiro atoms. The Labute approximate surface area is 128 Å². The van der Waals surface area contributed by atoms with Crippen LogP contribution in [-0.4, -0.2) is 34.3 Å². The van der Waals surface area contributed by atoms with Gasteiger partial charge in [-0.2, -0.15) is 4.79 Å². The summed E-state index contributed by atoms with van der Waals surface area (Å²) in [5.41, 5.74) is 8.47. The highest BCUT2D eigenvalue weighted by molar-refractivity contribution is 6.35. The zero-order chi connectivity index (χ0) is 15.9. The highest BCUT2D eigenvalue weighted by Gasteiger charge is 2.30. The molecule has 5 nitrogen and oxygen atoms in total. The van der Waals surface area contributed by atoms with E-state index in [1.165, 1.54) is 38.5 Å². The van der Waals surface area contributed by atoms with Crippen molar-refractivity contribution in [2.24, 2.45) is 0 Å². The van der Waals surface area contributed by atoms with Crippen molar-refractivity contribution in [2.45, 2.75) is 84.2 Å². The largest absolute Gasteiger partial charge is 0.457 e. The maximum atomic E-state index is 11.4. The Bertz CT molecular complexity index is 325. The summed E-state index contributed by atoms with van der Waals surface area (Å²) in [7, 11) is 0. The Morgan fingerprint density at radius 3 is 2.05 bits per heavy atom. The Kier molecular flexibility index (Phi) is 13.0. The summed E-state index contributed by atoms with van der Waals surface area (Å²) >= 11 is 0. The SMILES string of the molecule is CCCCCCCCCCCC(O)C(=[N+]=[N-])C(=O)OCC. The summed E-state index contributed by atoms with van der Waals surface area (Å²) in [6, 6.07) is 0. The first kappa shape index (κ1) is 19.8. The average molecular weight is 298 g/mol. The normalized spacial score (nSPS) is 11.8. The van der Waals surface area contributed by atoms with Crippen LogP contribution in [0.15, 0.2) is 0 Å². The van der Waals surface area contributed by atoms with Gasteiger partial charge in [0.2, 0.25) is 0 Å². The molecule has 0 aliphatic heterocycles. The number of carbonyl (C=O) groups is 1. The van der Waals surface area contributed by atoms with Gasteiger partial charge >= 0.3 is 11.7 Å². The smallest absolute Gasteiger partial charge is 0.419 e. The van der Waals surface area contributed by atoms with Crippen LogP contribution in [0.3, 0.4) is 0 Å². The molecule has 1 unspecified atom stereocenters. The lowest BCUT2D eigenvalue weighted by Crippen LogP contribution is -2.31. The Hall–Kier alpha value is -1.19. The van der Waals surface area contributed by atoms with Crippen LogP contribution < -0.4 is 0 Å². The van der Waals surface area contributed by atoms with Gasteiger partial charge in [0.05, 0.1) is 6.61 Å². The van der Waals surface area contributed by atoms with Gasteiger partial charge in [0.1, 0.15) is 0 Å². The van der Waals surface area contributed by atoms with Crippen LogP contribution in [-0.2, 0) is 9.53 Å². The van der Waals surface area contributed by atoms with Crippen molar-refractivity contribution in [1.29, 1.82) is 0 Å². The molecule has 1 atom stereocenters. The summed E-state index contributed by atoms with van der Waals surface area (Å²) in [4.78, 5) is 14.3. The molecule has 1 N–H and O–H groups in total. The van der Waals surface area contributed by atoms with E-state index < -0.39 is 12.1 Å². The van der Waals surface area contributed by atoms with Gasteiger partial charge in [0.15, 0.2) is 6.10 Å². The molecule has 0 heterocycles. The molecule has 0 amide bonds. The molecule has 122 valence electrons. The van der Waals surface area contributed by atoms with E-state index in [4.69, 9.17) is 10.3 Å². The Balaban J connectivity index is 3.67. The molecule has 0 aromatic heterocycles. The van der Waals surface area contributed by atoms with Crippen LogP contribution in [0.25, 0.3) is 5.53 Å². The van der Waals surface area contributed by atoms with Gasteiger partial charge in [-0.1, -0.05) is 64.7 Å². The number of unbranched alkanes of at least 4 members (excludes halogenated alkanes) is 8. The third kappa shape index (κ3) is 10.2. The van der Waals surface area contributed by atoms with E-state index in [1.807, 2.05) is 0 Å². The number of esters is 1. The number of hydrogen-bond acceptors (Lipinski definition) is 3. The van der Waals surface area contributed by atoms with Crippen molar-refractivity contribution in [2.75, 3.05) is 6.61 Å². The third-order valence-electron chi connectivity index (χ3n) is 3.49. The van der Waals surface area contributed by atoms with Crippen molar-refractivity contribution in [1.82, 2.24) is 0 Å². The maximum absolute atomic E-state index is 11.4. The first-order chi connectivity index (χ1) is 10.2. The molecular formula is C16H30N2O3. The first-order valence-corrected chi connectivity index (χ1v) is 8.24. The molecule has 0 aliphatic carbocycles. The summed E-state index contributed by atoms with van der Waals surface area (Å²) in [5.74, 6) is -0.747. The first-order valence-electron chi connectivity index (χ1n) is 8.24. The number of hydrogen-bond donors (Lipinski definition) is 1. The van der Waals surface area contributed by atoms with Gasteiger partial charge in [0.25, 0.3) is 0 Å². The predicted octanol–water partition coefficient (Wildman–Crippen LogP) is 3.50. The van der Waals surface area contributed by atoms with E-state index in [9.17, 15) is 9.90 Å². The standard InChI is InChI=1S/C16H30N2O3/c1-3-5-6-7-8-9-10-11-12-13-14(19)15(18-17)16(20)21-4-2/h14,19H,3-13H2,1-2H3. The molecule has 0 aliphatic rings. The van der Waals surface area contributed by atoms with Crippen molar-refractivity contribution in [3.8, 4) is 0 Å². The van der Waals surface area contributed by atoms with Crippen LogP contribution >= 0.6 is 0 Å². The Morgan fingerprint density at radius 2 is 1.57 bits per heavy atom. The lowest BCUT2D eigenvalue weighted by Gasteiger charge is -2.06. The van der Waals surface area contributed by atoms with Gasteiger partial charge in [-0.05, 0) is 13.3 Å². The molecule has 0 bridgehead atoms. The molecule has 0 saturated heterocycles. The molecule has 0 saturated carbocycles. The fourth-order valence-electron chi connectivity index (χ4n) is 2.23. The van der Waals surface area contributed by atoms with Crippen LogP contribution in [0, 0.1) is 0 Å². The van der Waals surface area contributed by atoms with E-state index in [2.05, 4.69) is 11.7 Å². The topological polar surface area (TPSA) is 82.9 Å². The van der Waals surface area contributed by atoms with Gasteiger partial charge in [-0.3, -0.25) is 0 Å². The highest BCUT2D eigenvalue weighted by Crippen LogP contribution is 2.11. The van der Waals surface area contributed by atoms with E-state index in [-0.39, 0.29) is 12.3 Å². The minimum atomic E-state index is -1.04. The van der Waals surface area contributed by atoms with Crippen LogP contribution in [0.1, 0.15) is 78.1 Å². The lowest BCUT2D eigenvalue weighted by molar-refractivity contribution is -0.141. The second kappa shape index (κ2) is 13.8. The van der Waals surface area contributed by atoms with Gasteiger partial charge in [0, 0.05) is 0 Å². The minimum absolute atomic E-state index is 0.197. The van der Waals surface area contributed by atoms with Crippen LogP contribution in [0.2, 0.25) is 0 Å². The lowest BCUT2D eigenvalue weighted by atomic mass is 10.0. The fraction of sp³-hybridized carbons (Fsp3) is 0.875.